The van der Waals surface area contributed by atoms with E-state index in [1.807, 2.05) is 0 Å². The number of nitrogens with zero attached hydrogens (tertiary/aromatic N) is 4. The monoisotopic (exact) mass is 349 g/mol. The molecule has 1 aromatic heterocycles. The van der Waals surface area contributed by atoms with Crippen molar-refractivity contribution in [3.05, 3.63) is 46.5 Å². The second-order valence-corrected chi connectivity index (χ2v) is 6.16. The molecule has 9 heteroatoms. The van der Waals surface area contributed by atoms with Gasteiger partial charge in [-0.05, 0) is 38.1 Å². The number of aromatic nitrogens is 2. The first-order valence-electron chi connectivity index (χ1n) is 8.15. The van der Waals surface area contributed by atoms with Gasteiger partial charge in [0.05, 0.1) is 35.5 Å². The van der Waals surface area contributed by atoms with Gasteiger partial charge in [0.2, 0.25) is 0 Å². The number of likely N-dealkylation sites (tertiary alicyclic amines) is 1. The Labute approximate surface area is 144 Å². The molecule has 2 heterocycles. The first-order valence-corrected chi connectivity index (χ1v) is 8.15. The smallest absolute Gasteiger partial charge is 0.295 e. The summed E-state index contributed by atoms with van der Waals surface area (Å²) in [4.78, 5) is 12.6. The zero-order valence-electron chi connectivity index (χ0n) is 13.6. The molecule has 3 rings (SSSR count). The highest BCUT2D eigenvalue weighted by Crippen LogP contribution is 2.28. The van der Waals surface area contributed by atoms with Crippen molar-refractivity contribution < 1.29 is 14.4 Å². The van der Waals surface area contributed by atoms with Gasteiger partial charge in [0.15, 0.2) is 0 Å². The molecule has 0 aliphatic carbocycles. The number of benzene rings is 1. The molecule has 0 spiro atoms. The number of hydrogen-bond acceptors (Lipinski definition) is 6. The minimum atomic E-state index is -0.669. The molecule has 134 valence electrons. The molecule has 0 amide bonds. The van der Waals surface area contributed by atoms with Crippen molar-refractivity contribution in [2.24, 2.45) is 0 Å². The van der Waals surface area contributed by atoms with Crippen molar-refractivity contribution in [1.82, 2.24) is 14.7 Å². The minimum Gasteiger partial charge on any atom is -0.390 e. The predicted molar refractivity (Wildman–Crippen MR) is 90.2 cm³/mol. The van der Waals surface area contributed by atoms with E-state index in [1.165, 1.54) is 25.1 Å². The number of aliphatic hydroxyl groups is 1. The minimum absolute atomic E-state index is 0.184. The fraction of sp³-hybridized carbons (Fsp3) is 0.438. The first kappa shape index (κ1) is 17.3. The third-order valence-electron chi connectivity index (χ3n) is 4.13. The highest BCUT2D eigenvalue weighted by atomic mass is 19.1. The van der Waals surface area contributed by atoms with Crippen LogP contribution in [0, 0.1) is 15.9 Å². The maximum atomic E-state index is 13.2. The second-order valence-electron chi connectivity index (χ2n) is 6.16. The number of nitro benzene ring substituents is 1. The summed E-state index contributed by atoms with van der Waals surface area (Å²) in [6, 6.07) is 3.33. The zero-order chi connectivity index (χ0) is 17.8. The van der Waals surface area contributed by atoms with Crippen molar-refractivity contribution in [3.63, 3.8) is 0 Å². The van der Waals surface area contributed by atoms with Crippen molar-refractivity contribution in [1.29, 1.82) is 0 Å². The molecule has 0 bridgehead atoms. The van der Waals surface area contributed by atoms with Crippen LogP contribution >= 0.6 is 0 Å². The third-order valence-corrected chi connectivity index (χ3v) is 4.13. The van der Waals surface area contributed by atoms with Gasteiger partial charge in [-0.3, -0.25) is 14.8 Å². The van der Waals surface area contributed by atoms with Crippen LogP contribution in [0.5, 0.6) is 0 Å². The molecular weight excluding hydrogens is 329 g/mol. The van der Waals surface area contributed by atoms with E-state index < -0.39 is 16.8 Å². The Bertz CT molecular complexity index is 745. The number of β-amino-alcohol motifs (C(OH)–C–C–N with tert-alkyl or cyclic N) is 1. The molecule has 1 aliphatic rings. The lowest BCUT2D eigenvalue weighted by atomic mass is 10.2. The lowest BCUT2D eigenvalue weighted by molar-refractivity contribution is -0.384. The van der Waals surface area contributed by atoms with E-state index in [0.29, 0.717) is 18.8 Å². The Hall–Kier alpha value is -2.52. The van der Waals surface area contributed by atoms with Crippen molar-refractivity contribution in [2.75, 3.05) is 25.0 Å². The van der Waals surface area contributed by atoms with Crippen LogP contribution in [0.1, 0.15) is 12.8 Å². The number of nitro groups is 1. The van der Waals surface area contributed by atoms with Crippen LogP contribution in [0.15, 0.2) is 30.6 Å². The molecule has 1 fully saturated rings. The number of anilines is 2. The number of aliphatic hydroxyl groups excluding tert-OH is 1. The lowest BCUT2D eigenvalue weighted by Gasteiger charge is -2.19. The van der Waals surface area contributed by atoms with E-state index in [1.54, 1.807) is 10.9 Å². The third kappa shape index (κ3) is 4.52. The first-order chi connectivity index (χ1) is 12.0. The highest BCUT2D eigenvalue weighted by Gasteiger charge is 2.18. The highest BCUT2D eigenvalue weighted by molar-refractivity contribution is 5.68. The summed E-state index contributed by atoms with van der Waals surface area (Å²) in [7, 11) is 0. The molecule has 25 heavy (non-hydrogen) atoms. The summed E-state index contributed by atoms with van der Waals surface area (Å²) in [5, 5.41) is 28.2. The van der Waals surface area contributed by atoms with Crippen molar-refractivity contribution in [2.45, 2.75) is 25.5 Å². The van der Waals surface area contributed by atoms with Crippen LogP contribution < -0.4 is 5.32 Å². The largest absolute Gasteiger partial charge is 0.390 e. The van der Waals surface area contributed by atoms with Gasteiger partial charge in [-0.15, -0.1) is 0 Å². The van der Waals surface area contributed by atoms with Crippen molar-refractivity contribution >= 4 is 17.1 Å². The molecule has 0 radical (unpaired) electrons. The SMILES string of the molecule is O=[N+]([O-])c1cc(F)ccc1Nc1cnn(C[C@H](O)CN2CCCC2)c1. The molecule has 2 N–H and O–H groups in total. The average molecular weight is 349 g/mol. The molecule has 0 unspecified atom stereocenters. The Balaban J connectivity index is 1.62. The lowest BCUT2D eigenvalue weighted by Crippen LogP contribution is -2.32. The molecule has 1 aromatic carbocycles. The summed E-state index contributed by atoms with van der Waals surface area (Å²) in [5.74, 6) is -0.669. The molecule has 1 atom stereocenters. The summed E-state index contributed by atoms with van der Waals surface area (Å²) < 4.78 is 14.8. The van der Waals surface area contributed by atoms with Gasteiger partial charge >= 0.3 is 0 Å². The number of rotatable bonds is 7. The molecule has 8 nitrogen and oxygen atoms in total. The topological polar surface area (TPSA) is 96.5 Å². The maximum absolute atomic E-state index is 13.2. The summed E-state index contributed by atoms with van der Waals surface area (Å²) in [5.41, 5.74) is 0.369. The zero-order valence-corrected chi connectivity index (χ0v) is 13.6. The van der Waals surface area contributed by atoms with Gasteiger partial charge in [-0.2, -0.15) is 5.10 Å². The van der Waals surface area contributed by atoms with Crippen LogP contribution in [-0.4, -0.2) is 50.4 Å². The van der Waals surface area contributed by atoms with Crippen LogP contribution in [-0.2, 0) is 6.54 Å². The van der Waals surface area contributed by atoms with E-state index in [0.717, 1.165) is 25.2 Å². The van der Waals surface area contributed by atoms with Crippen LogP contribution in [0.25, 0.3) is 0 Å². The molecule has 2 aromatic rings. The van der Waals surface area contributed by atoms with Crippen molar-refractivity contribution in [3.8, 4) is 0 Å². The van der Waals surface area contributed by atoms with Gasteiger partial charge in [0, 0.05) is 12.7 Å². The number of nitrogens with one attached hydrogen (secondary N) is 1. The average Bonchev–Trinajstić information content (AvgIpc) is 3.21. The summed E-state index contributed by atoms with van der Waals surface area (Å²) in [6.45, 7) is 2.96. The van der Waals surface area contributed by atoms with Crippen LogP contribution in [0.3, 0.4) is 0 Å². The van der Waals surface area contributed by atoms with Crippen LogP contribution in [0.2, 0.25) is 0 Å². The second kappa shape index (κ2) is 7.58. The molecular formula is C16H20FN5O3. The van der Waals surface area contributed by atoms with Gasteiger partial charge in [0.1, 0.15) is 11.5 Å². The number of hydrogen-bond donors (Lipinski definition) is 2. The van der Waals surface area contributed by atoms with Crippen LogP contribution in [0.4, 0.5) is 21.5 Å². The Morgan fingerprint density at radius 1 is 1.36 bits per heavy atom. The Kier molecular flexibility index (Phi) is 5.25. The number of halogens is 1. The van der Waals surface area contributed by atoms with Gasteiger partial charge < -0.3 is 15.3 Å². The summed E-state index contributed by atoms with van der Waals surface area (Å²) >= 11 is 0. The van der Waals surface area contributed by atoms with E-state index in [-0.39, 0.29) is 11.4 Å². The van der Waals surface area contributed by atoms with E-state index in [4.69, 9.17) is 0 Å². The van der Waals surface area contributed by atoms with Gasteiger partial charge in [-0.25, -0.2) is 4.39 Å². The van der Waals surface area contributed by atoms with Gasteiger partial charge in [0.25, 0.3) is 5.69 Å². The fourth-order valence-electron chi connectivity index (χ4n) is 2.98. The maximum Gasteiger partial charge on any atom is 0.295 e. The Morgan fingerprint density at radius 3 is 2.84 bits per heavy atom. The predicted octanol–water partition coefficient (Wildman–Crippen LogP) is 2.13. The Morgan fingerprint density at radius 2 is 2.12 bits per heavy atom. The van der Waals surface area contributed by atoms with E-state index in [2.05, 4.69) is 15.3 Å². The molecule has 1 saturated heterocycles. The van der Waals surface area contributed by atoms with E-state index in [9.17, 15) is 19.6 Å². The molecule has 0 saturated carbocycles. The van der Waals surface area contributed by atoms with E-state index >= 15 is 0 Å². The fourth-order valence-corrected chi connectivity index (χ4v) is 2.98. The summed E-state index contributed by atoms with van der Waals surface area (Å²) in [6.07, 6.45) is 4.96. The van der Waals surface area contributed by atoms with Gasteiger partial charge in [-0.1, -0.05) is 0 Å². The quantitative estimate of drug-likeness (QED) is 0.587. The molecule has 1 aliphatic heterocycles. The standard InChI is InChI=1S/C16H20FN5O3/c17-12-3-4-15(16(7-12)22(24)25)19-13-8-18-21(9-13)11-14(23)10-20-5-1-2-6-20/h3-4,7-9,14,19,23H,1-2,5-6,10-11H2/t14-/m1/s1. The normalized spacial score (nSPS) is 16.1.